The van der Waals surface area contributed by atoms with E-state index >= 15 is 0 Å². The first-order valence-electron chi connectivity index (χ1n) is 6.28. The number of hydrogen-bond donors (Lipinski definition) is 2. The van der Waals surface area contributed by atoms with Crippen molar-refractivity contribution in [1.29, 1.82) is 0 Å². The zero-order valence-electron chi connectivity index (χ0n) is 10.1. The molecular weight excluding hydrogens is 200 g/mol. The molecule has 4 nitrogen and oxygen atoms in total. The van der Waals surface area contributed by atoms with Gasteiger partial charge >= 0.3 is 0 Å². The van der Waals surface area contributed by atoms with E-state index in [0.29, 0.717) is 6.04 Å². The molecule has 0 bridgehead atoms. The van der Waals surface area contributed by atoms with Gasteiger partial charge in [0.15, 0.2) is 0 Å². The lowest BCUT2D eigenvalue weighted by atomic mass is 10.1. The van der Waals surface area contributed by atoms with Crippen molar-refractivity contribution in [2.24, 2.45) is 0 Å². The van der Waals surface area contributed by atoms with E-state index in [1.807, 2.05) is 10.9 Å². The Morgan fingerprint density at radius 2 is 2.44 bits per heavy atom. The van der Waals surface area contributed by atoms with Crippen LogP contribution in [0.3, 0.4) is 0 Å². The van der Waals surface area contributed by atoms with E-state index < -0.39 is 0 Å². The summed E-state index contributed by atoms with van der Waals surface area (Å²) >= 11 is 0. The number of nitrogens with one attached hydrogen (secondary N) is 2. The Labute approximate surface area is 97.4 Å². The topological polar surface area (TPSA) is 41.9 Å². The third-order valence-electron chi connectivity index (χ3n) is 3.11. The van der Waals surface area contributed by atoms with Crippen molar-refractivity contribution in [2.45, 2.75) is 38.8 Å². The molecule has 1 aliphatic heterocycles. The lowest BCUT2D eigenvalue weighted by Gasteiger charge is -2.15. The van der Waals surface area contributed by atoms with E-state index in [1.165, 1.54) is 31.4 Å². The molecule has 1 fully saturated rings. The van der Waals surface area contributed by atoms with Gasteiger partial charge in [0.2, 0.25) is 0 Å². The molecule has 90 valence electrons. The summed E-state index contributed by atoms with van der Waals surface area (Å²) in [4.78, 5) is 0. The van der Waals surface area contributed by atoms with Crippen LogP contribution >= 0.6 is 0 Å². The normalized spacial score (nSPS) is 21.9. The van der Waals surface area contributed by atoms with Crippen molar-refractivity contribution in [3.05, 3.63) is 18.0 Å². The summed E-state index contributed by atoms with van der Waals surface area (Å²) in [5.74, 6) is 0. The van der Waals surface area contributed by atoms with Gasteiger partial charge in [0.05, 0.1) is 12.7 Å². The fourth-order valence-electron chi connectivity index (χ4n) is 2.20. The molecule has 0 aliphatic carbocycles. The third kappa shape index (κ3) is 3.61. The summed E-state index contributed by atoms with van der Waals surface area (Å²) in [6.45, 7) is 6.40. The van der Waals surface area contributed by atoms with Crippen molar-refractivity contribution in [3.8, 4) is 0 Å². The maximum absolute atomic E-state index is 4.28. The highest BCUT2D eigenvalue weighted by Gasteiger charge is 2.10. The summed E-state index contributed by atoms with van der Waals surface area (Å²) in [5.41, 5.74) is 1.23. The third-order valence-corrected chi connectivity index (χ3v) is 3.11. The molecule has 2 N–H and O–H groups in total. The second-order valence-corrected chi connectivity index (χ2v) is 4.61. The molecule has 1 aromatic heterocycles. The molecular formula is C12H22N4. The number of aromatic nitrogens is 2. The van der Waals surface area contributed by atoms with Gasteiger partial charge in [-0.05, 0) is 44.8 Å². The van der Waals surface area contributed by atoms with Gasteiger partial charge < -0.3 is 10.6 Å². The fourth-order valence-corrected chi connectivity index (χ4v) is 2.20. The van der Waals surface area contributed by atoms with Crippen molar-refractivity contribution in [2.75, 3.05) is 19.6 Å². The first-order chi connectivity index (χ1) is 7.84. The van der Waals surface area contributed by atoms with E-state index in [0.717, 1.165) is 19.6 Å². The van der Waals surface area contributed by atoms with Crippen LogP contribution in [0.15, 0.2) is 12.4 Å². The number of hydrogen-bond acceptors (Lipinski definition) is 3. The van der Waals surface area contributed by atoms with Crippen LogP contribution in [0.2, 0.25) is 0 Å². The van der Waals surface area contributed by atoms with Crippen LogP contribution in [0.25, 0.3) is 0 Å². The number of rotatable bonds is 4. The molecule has 0 amide bonds. The van der Waals surface area contributed by atoms with Gasteiger partial charge in [-0.15, -0.1) is 0 Å². The SMILES string of the molecule is Cc1cnn(CCNC2CCCNCC2)c1. The summed E-state index contributed by atoms with van der Waals surface area (Å²) in [6.07, 6.45) is 7.84. The van der Waals surface area contributed by atoms with Crippen LogP contribution in [0.1, 0.15) is 24.8 Å². The Balaban J connectivity index is 1.67. The van der Waals surface area contributed by atoms with Crippen LogP contribution in [0.4, 0.5) is 0 Å². The Bertz CT molecular complexity index is 300. The molecule has 2 heterocycles. The molecule has 16 heavy (non-hydrogen) atoms. The van der Waals surface area contributed by atoms with E-state index in [9.17, 15) is 0 Å². The standard InChI is InChI=1S/C12H22N4/c1-11-9-15-16(10-11)8-7-14-12-3-2-5-13-6-4-12/h9-10,12-14H,2-8H2,1H3. The van der Waals surface area contributed by atoms with Gasteiger partial charge in [0.1, 0.15) is 0 Å². The van der Waals surface area contributed by atoms with Gasteiger partial charge in [-0.1, -0.05) is 0 Å². The molecule has 1 unspecified atom stereocenters. The minimum atomic E-state index is 0.687. The molecule has 0 aromatic carbocycles. The van der Waals surface area contributed by atoms with Gasteiger partial charge in [-0.25, -0.2) is 0 Å². The maximum atomic E-state index is 4.28. The predicted octanol–water partition coefficient (Wildman–Crippen LogP) is 0.923. The summed E-state index contributed by atoms with van der Waals surface area (Å²) in [6, 6.07) is 0.687. The van der Waals surface area contributed by atoms with E-state index in [4.69, 9.17) is 0 Å². The number of aryl methyl sites for hydroxylation is 1. The lowest BCUT2D eigenvalue weighted by molar-refractivity contribution is 0.443. The highest BCUT2D eigenvalue weighted by atomic mass is 15.3. The second-order valence-electron chi connectivity index (χ2n) is 4.61. The first-order valence-corrected chi connectivity index (χ1v) is 6.28. The summed E-state index contributed by atoms with van der Waals surface area (Å²) < 4.78 is 2.01. The molecule has 0 saturated carbocycles. The highest BCUT2D eigenvalue weighted by Crippen LogP contribution is 2.04. The van der Waals surface area contributed by atoms with Crippen molar-refractivity contribution in [1.82, 2.24) is 20.4 Å². The second kappa shape index (κ2) is 6.01. The van der Waals surface area contributed by atoms with Crippen LogP contribution in [-0.2, 0) is 6.54 Å². The molecule has 0 radical (unpaired) electrons. The molecule has 1 aromatic rings. The molecule has 1 aliphatic rings. The zero-order chi connectivity index (χ0) is 11.2. The maximum Gasteiger partial charge on any atom is 0.0534 e. The van der Waals surface area contributed by atoms with Crippen molar-refractivity contribution < 1.29 is 0 Å². The molecule has 1 atom stereocenters. The van der Waals surface area contributed by atoms with Gasteiger partial charge in [-0.3, -0.25) is 4.68 Å². The van der Waals surface area contributed by atoms with Gasteiger partial charge in [0, 0.05) is 18.8 Å². The smallest absolute Gasteiger partial charge is 0.0534 e. The lowest BCUT2D eigenvalue weighted by Crippen LogP contribution is -2.32. The van der Waals surface area contributed by atoms with Crippen molar-refractivity contribution in [3.63, 3.8) is 0 Å². The van der Waals surface area contributed by atoms with Gasteiger partial charge in [0.25, 0.3) is 0 Å². The summed E-state index contributed by atoms with van der Waals surface area (Å²) in [7, 11) is 0. The van der Waals surface area contributed by atoms with Gasteiger partial charge in [-0.2, -0.15) is 5.10 Å². The van der Waals surface area contributed by atoms with Crippen LogP contribution in [-0.4, -0.2) is 35.5 Å². The van der Waals surface area contributed by atoms with E-state index in [2.05, 4.69) is 28.9 Å². The number of nitrogens with zero attached hydrogens (tertiary/aromatic N) is 2. The molecule has 4 heteroatoms. The Morgan fingerprint density at radius 1 is 1.50 bits per heavy atom. The monoisotopic (exact) mass is 222 g/mol. The van der Waals surface area contributed by atoms with Crippen LogP contribution in [0, 0.1) is 6.92 Å². The largest absolute Gasteiger partial charge is 0.317 e. The van der Waals surface area contributed by atoms with Crippen LogP contribution < -0.4 is 10.6 Å². The van der Waals surface area contributed by atoms with E-state index in [-0.39, 0.29) is 0 Å². The fraction of sp³-hybridized carbons (Fsp3) is 0.750. The Hall–Kier alpha value is -0.870. The first kappa shape index (κ1) is 11.6. The quantitative estimate of drug-likeness (QED) is 0.796. The van der Waals surface area contributed by atoms with Crippen molar-refractivity contribution >= 4 is 0 Å². The summed E-state index contributed by atoms with van der Waals surface area (Å²) in [5, 5.41) is 11.3. The molecule has 1 saturated heterocycles. The predicted molar refractivity (Wildman–Crippen MR) is 65.5 cm³/mol. The minimum absolute atomic E-state index is 0.687. The van der Waals surface area contributed by atoms with Crippen LogP contribution in [0.5, 0.6) is 0 Å². The average Bonchev–Trinajstić information content (AvgIpc) is 2.54. The minimum Gasteiger partial charge on any atom is -0.317 e. The zero-order valence-corrected chi connectivity index (χ0v) is 10.1. The van der Waals surface area contributed by atoms with E-state index in [1.54, 1.807) is 0 Å². The average molecular weight is 222 g/mol. The molecule has 0 spiro atoms. The Kier molecular flexibility index (Phi) is 4.36. The molecule has 2 rings (SSSR count). The Morgan fingerprint density at radius 3 is 3.25 bits per heavy atom. The highest BCUT2D eigenvalue weighted by molar-refractivity contribution is 4.99.